The smallest absolute Gasteiger partial charge is 0.265 e. The molecule has 1 aromatic carbocycles. The summed E-state index contributed by atoms with van der Waals surface area (Å²) in [6.45, 7) is 0.101. The minimum absolute atomic E-state index is 0.101. The number of nitrogens with two attached hydrogens (primary N) is 1. The predicted octanol–water partition coefficient (Wildman–Crippen LogP) is 1.46. The average Bonchev–Trinajstić information content (AvgIpc) is 2.77. The molecule has 104 valence electrons. The van der Waals surface area contributed by atoms with Crippen molar-refractivity contribution in [1.29, 1.82) is 0 Å². The molecular formula is C10H10F3N3O2S. The van der Waals surface area contributed by atoms with E-state index in [0.29, 0.717) is 5.69 Å². The summed E-state index contributed by atoms with van der Waals surface area (Å²) in [4.78, 5) is -0.101. The van der Waals surface area contributed by atoms with Gasteiger partial charge in [0.2, 0.25) is 10.0 Å². The Labute approximate surface area is 107 Å². The Morgan fingerprint density at radius 1 is 1.21 bits per heavy atom. The highest BCUT2D eigenvalue weighted by Gasteiger charge is 2.39. The molecule has 0 radical (unpaired) electrons. The molecule has 0 aliphatic carbocycles. The van der Waals surface area contributed by atoms with Gasteiger partial charge in [-0.3, -0.25) is 5.01 Å². The number of nitrogens with zero attached hydrogens (tertiary/aromatic N) is 2. The van der Waals surface area contributed by atoms with Crippen LogP contribution in [0.2, 0.25) is 0 Å². The Balaban J connectivity index is 2.24. The van der Waals surface area contributed by atoms with Crippen molar-refractivity contribution in [3.63, 3.8) is 0 Å². The molecule has 0 bridgehead atoms. The van der Waals surface area contributed by atoms with Gasteiger partial charge in [0.15, 0.2) is 0 Å². The third kappa shape index (κ3) is 3.04. The standard InChI is InChI=1S/C10H10F3N3O2S/c11-10(12,13)9-5-6-16(15-9)7-1-3-8(4-2-7)19(14,17)18/h1-4H,5-6H2,(H2,14,17,18). The number of hydrazone groups is 1. The van der Waals surface area contributed by atoms with E-state index in [9.17, 15) is 21.6 Å². The van der Waals surface area contributed by atoms with Crippen LogP contribution in [-0.2, 0) is 10.0 Å². The van der Waals surface area contributed by atoms with Crippen LogP contribution in [0.3, 0.4) is 0 Å². The molecule has 0 spiro atoms. The molecule has 1 aliphatic rings. The van der Waals surface area contributed by atoms with Gasteiger partial charge < -0.3 is 0 Å². The fourth-order valence-corrected chi connectivity index (χ4v) is 2.17. The van der Waals surface area contributed by atoms with Crippen molar-refractivity contribution in [2.45, 2.75) is 17.5 Å². The van der Waals surface area contributed by atoms with Crippen molar-refractivity contribution in [3.05, 3.63) is 24.3 Å². The van der Waals surface area contributed by atoms with Gasteiger partial charge in [-0.15, -0.1) is 0 Å². The zero-order valence-electron chi connectivity index (χ0n) is 9.55. The highest BCUT2D eigenvalue weighted by atomic mass is 32.2. The molecule has 0 fully saturated rings. The first kappa shape index (κ1) is 13.8. The second-order valence-electron chi connectivity index (χ2n) is 3.96. The van der Waals surface area contributed by atoms with Crippen LogP contribution in [0.1, 0.15) is 6.42 Å². The van der Waals surface area contributed by atoms with Crippen LogP contribution in [0.25, 0.3) is 0 Å². The fourth-order valence-electron chi connectivity index (χ4n) is 1.65. The van der Waals surface area contributed by atoms with E-state index in [2.05, 4.69) is 5.10 Å². The van der Waals surface area contributed by atoms with Crippen molar-refractivity contribution >= 4 is 21.4 Å². The molecule has 1 aromatic rings. The second-order valence-corrected chi connectivity index (χ2v) is 5.52. The quantitative estimate of drug-likeness (QED) is 0.897. The normalized spacial score (nSPS) is 16.6. The summed E-state index contributed by atoms with van der Waals surface area (Å²) < 4.78 is 59.3. The Morgan fingerprint density at radius 2 is 1.79 bits per heavy atom. The molecule has 0 atom stereocenters. The molecule has 0 amide bonds. The lowest BCUT2D eigenvalue weighted by Crippen LogP contribution is -2.20. The van der Waals surface area contributed by atoms with E-state index in [4.69, 9.17) is 5.14 Å². The fraction of sp³-hybridized carbons (Fsp3) is 0.300. The van der Waals surface area contributed by atoms with Crippen LogP contribution < -0.4 is 10.1 Å². The third-order valence-corrected chi connectivity index (χ3v) is 3.52. The first-order chi connectivity index (χ1) is 8.68. The van der Waals surface area contributed by atoms with Crippen molar-refractivity contribution in [3.8, 4) is 0 Å². The molecule has 0 saturated carbocycles. The molecule has 1 heterocycles. The first-order valence-corrected chi connectivity index (χ1v) is 6.77. The molecule has 2 N–H and O–H groups in total. The first-order valence-electron chi connectivity index (χ1n) is 5.23. The summed E-state index contributed by atoms with van der Waals surface area (Å²) in [7, 11) is -3.81. The van der Waals surface area contributed by atoms with Crippen molar-refractivity contribution in [2.24, 2.45) is 10.2 Å². The zero-order valence-corrected chi connectivity index (χ0v) is 10.4. The number of sulfonamides is 1. The van der Waals surface area contributed by atoms with Crippen LogP contribution in [0, 0.1) is 0 Å². The molecule has 0 saturated heterocycles. The van der Waals surface area contributed by atoms with Gasteiger partial charge in [0.05, 0.1) is 10.6 Å². The highest BCUT2D eigenvalue weighted by molar-refractivity contribution is 7.89. The molecular weight excluding hydrogens is 283 g/mol. The minimum Gasteiger partial charge on any atom is -0.265 e. The maximum absolute atomic E-state index is 12.4. The Kier molecular flexibility index (Phi) is 3.27. The SMILES string of the molecule is NS(=O)(=O)c1ccc(N2CCC(C(F)(F)F)=N2)cc1. The summed E-state index contributed by atoms with van der Waals surface area (Å²) in [5.41, 5.74) is -0.463. The summed E-state index contributed by atoms with van der Waals surface area (Å²) in [6.07, 6.45) is -4.63. The summed E-state index contributed by atoms with van der Waals surface area (Å²) in [6, 6.07) is 5.18. The summed E-state index contributed by atoms with van der Waals surface area (Å²) in [5.74, 6) is 0. The molecule has 19 heavy (non-hydrogen) atoms. The monoisotopic (exact) mass is 293 g/mol. The van der Waals surface area contributed by atoms with Crippen LogP contribution in [0.4, 0.5) is 18.9 Å². The molecule has 2 rings (SSSR count). The number of alkyl halides is 3. The maximum atomic E-state index is 12.4. The van der Waals surface area contributed by atoms with E-state index >= 15 is 0 Å². The average molecular weight is 293 g/mol. The van der Waals surface area contributed by atoms with Gasteiger partial charge in [0.1, 0.15) is 5.71 Å². The Morgan fingerprint density at radius 3 is 2.21 bits per heavy atom. The number of primary sulfonamides is 1. The van der Waals surface area contributed by atoms with Crippen LogP contribution >= 0.6 is 0 Å². The number of anilines is 1. The van der Waals surface area contributed by atoms with E-state index in [1.165, 1.54) is 29.3 Å². The van der Waals surface area contributed by atoms with E-state index in [0.717, 1.165) is 0 Å². The lowest BCUT2D eigenvalue weighted by molar-refractivity contribution is -0.0598. The lowest BCUT2D eigenvalue weighted by Gasteiger charge is -2.13. The number of hydrogen-bond acceptors (Lipinski definition) is 4. The third-order valence-electron chi connectivity index (χ3n) is 2.59. The number of halogens is 3. The van der Waals surface area contributed by atoms with Crippen molar-refractivity contribution in [2.75, 3.05) is 11.6 Å². The largest absolute Gasteiger partial charge is 0.431 e. The maximum Gasteiger partial charge on any atom is 0.431 e. The summed E-state index contributed by atoms with van der Waals surface area (Å²) in [5, 5.41) is 9.56. The minimum atomic E-state index is -4.44. The van der Waals surface area contributed by atoms with Crippen LogP contribution in [-0.4, -0.2) is 26.9 Å². The molecule has 0 unspecified atom stereocenters. The van der Waals surface area contributed by atoms with Crippen LogP contribution in [0.5, 0.6) is 0 Å². The number of rotatable bonds is 2. The summed E-state index contributed by atoms with van der Waals surface area (Å²) >= 11 is 0. The van der Waals surface area contributed by atoms with Gasteiger partial charge in [-0.25, -0.2) is 13.6 Å². The molecule has 0 aromatic heterocycles. The van der Waals surface area contributed by atoms with Gasteiger partial charge in [-0.1, -0.05) is 0 Å². The van der Waals surface area contributed by atoms with E-state index in [-0.39, 0.29) is 17.9 Å². The van der Waals surface area contributed by atoms with Gasteiger partial charge in [-0.05, 0) is 24.3 Å². The molecule has 5 nitrogen and oxygen atoms in total. The van der Waals surface area contributed by atoms with Crippen molar-refractivity contribution in [1.82, 2.24) is 0 Å². The van der Waals surface area contributed by atoms with Gasteiger partial charge in [0, 0.05) is 13.0 Å². The molecule has 1 aliphatic heterocycles. The van der Waals surface area contributed by atoms with E-state index in [1.54, 1.807) is 0 Å². The van der Waals surface area contributed by atoms with Gasteiger partial charge in [0.25, 0.3) is 0 Å². The highest BCUT2D eigenvalue weighted by Crippen LogP contribution is 2.27. The van der Waals surface area contributed by atoms with E-state index in [1.807, 2.05) is 0 Å². The van der Waals surface area contributed by atoms with Gasteiger partial charge in [-0.2, -0.15) is 18.3 Å². The van der Waals surface area contributed by atoms with Gasteiger partial charge >= 0.3 is 6.18 Å². The van der Waals surface area contributed by atoms with E-state index < -0.39 is 21.9 Å². The van der Waals surface area contributed by atoms with Crippen LogP contribution in [0.15, 0.2) is 34.3 Å². The number of hydrogen-bond donors (Lipinski definition) is 1. The topological polar surface area (TPSA) is 75.8 Å². The Hall–Kier alpha value is -1.61. The number of benzene rings is 1. The van der Waals surface area contributed by atoms with Crippen molar-refractivity contribution < 1.29 is 21.6 Å². The lowest BCUT2D eigenvalue weighted by atomic mass is 10.2. The molecule has 9 heteroatoms. The Bertz CT molecular complexity index is 608. The second kappa shape index (κ2) is 4.49. The zero-order chi connectivity index (χ0) is 14.3. The predicted molar refractivity (Wildman–Crippen MR) is 63.3 cm³/mol.